The van der Waals surface area contributed by atoms with Gasteiger partial charge in [0.2, 0.25) is 0 Å². The normalized spacial score (nSPS) is 26.1. The molecule has 27 heavy (non-hydrogen) atoms. The lowest BCUT2D eigenvalue weighted by Gasteiger charge is -2.34. The molecule has 0 amide bonds. The van der Waals surface area contributed by atoms with E-state index in [1.165, 1.54) is 45.2 Å². The van der Waals surface area contributed by atoms with Crippen molar-refractivity contribution in [2.45, 2.75) is 43.8 Å². The van der Waals surface area contributed by atoms with Gasteiger partial charge in [-0.2, -0.15) is 0 Å². The summed E-state index contributed by atoms with van der Waals surface area (Å²) in [5, 5.41) is 3.09. The van der Waals surface area contributed by atoms with Crippen molar-refractivity contribution in [2.75, 3.05) is 26.8 Å². The van der Waals surface area contributed by atoms with Gasteiger partial charge in [0.05, 0.1) is 6.61 Å². The van der Waals surface area contributed by atoms with Gasteiger partial charge >= 0.3 is 0 Å². The summed E-state index contributed by atoms with van der Waals surface area (Å²) >= 11 is 0. The van der Waals surface area contributed by atoms with Gasteiger partial charge in [-0.3, -0.25) is 4.90 Å². The first-order chi connectivity index (χ1) is 13.4. The van der Waals surface area contributed by atoms with E-state index in [2.05, 4.69) is 65.6 Å². The molecule has 2 unspecified atom stereocenters. The zero-order chi connectivity index (χ0) is 18.5. The number of ether oxygens (including phenoxy) is 1. The van der Waals surface area contributed by atoms with Gasteiger partial charge in [-0.15, -0.1) is 0 Å². The molecule has 2 aromatic rings. The summed E-state index contributed by atoms with van der Waals surface area (Å²) in [5.41, 5.74) is 0.800. The Morgan fingerprint density at radius 2 is 1.56 bits per heavy atom. The zero-order valence-electron chi connectivity index (χ0n) is 16.5. The Kier molecular flexibility index (Phi) is 6.60. The molecule has 2 aliphatic rings. The third-order valence-corrected chi connectivity index (χ3v) is 9.40. The second kappa shape index (κ2) is 9.32. The molecule has 2 fully saturated rings. The maximum absolute atomic E-state index is 5.50. The molecule has 1 heterocycles. The van der Waals surface area contributed by atoms with Crippen LogP contribution in [0.3, 0.4) is 0 Å². The Morgan fingerprint density at radius 3 is 2.19 bits per heavy atom. The quantitative estimate of drug-likeness (QED) is 0.659. The molecule has 0 bridgehead atoms. The highest BCUT2D eigenvalue weighted by Crippen LogP contribution is 2.50. The van der Waals surface area contributed by atoms with Crippen molar-refractivity contribution in [2.24, 2.45) is 5.92 Å². The lowest BCUT2D eigenvalue weighted by molar-refractivity contribution is 0.106. The zero-order valence-corrected chi connectivity index (χ0v) is 17.4. The van der Waals surface area contributed by atoms with Crippen LogP contribution in [-0.2, 0) is 4.74 Å². The highest BCUT2D eigenvalue weighted by molar-refractivity contribution is 7.73. The van der Waals surface area contributed by atoms with Crippen LogP contribution in [-0.4, -0.2) is 43.4 Å². The second-order valence-electron chi connectivity index (χ2n) is 8.05. The van der Waals surface area contributed by atoms with Crippen LogP contribution < -0.4 is 10.6 Å². The van der Waals surface area contributed by atoms with Gasteiger partial charge in [-0.05, 0) is 62.3 Å². The standard InChI is InChI=1S/C24H32NOP/c1-26-19-21-11-9-17-25(21)18-20-10-8-16-24(20)27(22-12-4-2-5-13-22)23-14-6-3-7-15-23/h2-7,12-15,20-21,24H,8-11,16-19H2,1H3/t20?,21-,24?/m0/s1. The van der Waals surface area contributed by atoms with Crippen LogP contribution in [0.2, 0.25) is 0 Å². The number of hydrogen-bond donors (Lipinski definition) is 0. The minimum Gasteiger partial charge on any atom is -0.383 e. The summed E-state index contributed by atoms with van der Waals surface area (Å²) in [4.78, 5) is 2.73. The van der Waals surface area contributed by atoms with Crippen molar-refractivity contribution < 1.29 is 4.74 Å². The molecule has 0 aromatic heterocycles. The summed E-state index contributed by atoms with van der Waals surface area (Å²) in [6.07, 6.45) is 6.79. The molecule has 3 atom stereocenters. The topological polar surface area (TPSA) is 12.5 Å². The lowest BCUT2D eigenvalue weighted by Crippen LogP contribution is -2.39. The van der Waals surface area contributed by atoms with E-state index in [0.29, 0.717) is 6.04 Å². The van der Waals surface area contributed by atoms with Crippen LogP contribution in [0.4, 0.5) is 0 Å². The van der Waals surface area contributed by atoms with Crippen LogP contribution in [0.25, 0.3) is 0 Å². The van der Waals surface area contributed by atoms with Crippen molar-refractivity contribution >= 4 is 18.5 Å². The molecule has 2 nitrogen and oxygen atoms in total. The Bertz CT molecular complexity index is 653. The minimum atomic E-state index is -0.292. The molecule has 0 radical (unpaired) electrons. The van der Waals surface area contributed by atoms with Gasteiger partial charge in [0, 0.05) is 19.7 Å². The van der Waals surface area contributed by atoms with Gasteiger partial charge in [-0.25, -0.2) is 0 Å². The molecular weight excluding hydrogens is 349 g/mol. The van der Waals surface area contributed by atoms with E-state index in [1.807, 2.05) is 7.11 Å². The van der Waals surface area contributed by atoms with Gasteiger partial charge in [-0.1, -0.05) is 67.1 Å². The highest BCUT2D eigenvalue weighted by atomic mass is 31.1. The Labute approximate surface area is 165 Å². The smallest absolute Gasteiger partial charge is 0.0618 e. The molecule has 1 aliphatic carbocycles. The van der Waals surface area contributed by atoms with E-state index in [9.17, 15) is 0 Å². The van der Waals surface area contributed by atoms with Gasteiger partial charge < -0.3 is 4.74 Å². The first-order valence-corrected chi connectivity index (χ1v) is 11.9. The second-order valence-corrected chi connectivity index (χ2v) is 10.5. The fraction of sp³-hybridized carbons (Fsp3) is 0.500. The highest BCUT2D eigenvalue weighted by Gasteiger charge is 2.37. The Morgan fingerprint density at radius 1 is 0.889 bits per heavy atom. The summed E-state index contributed by atoms with van der Waals surface area (Å²) in [6, 6.07) is 23.2. The van der Waals surface area contributed by atoms with Crippen molar-refractivity contribution in [3.05, 3.63) is 60.7 Å². The molecule has 4 rings (SSSR count). The number of nitrogens with zero attached hydrogens (tertiary/aromatic N) is 1. The predicted octanol–water partition coefficient (Wildman–Crippen LogP) is 4.40. The summed E-state index contributed by atoms with van der Waals surface area (Å²) in [5.74, 6) is 0.814. The average Bonchev–Trinajstić information content (AvgIpc) is 3.35. The fourth-order valence-electron chi connectivity index (χ4n) is 5.10. The van der Waals surface area contributed by atoms with Gasteiger partial charge in [0.25, 0.3) is 0 Å². The van der Waals surface area contributed by atoms with Crippen LogP contribution in [0, 0.1) is 5.92 Å². The van der Waals surface area contributed by atoms with Gasteiger partial charge in [0.15, 0.2) is 0 Å². The molecule has 0 N–H and O–H groups in total. The molecule has 1 saturated heterocycles. The number of hydrogen-bond acceptors (Lipinski definition) is 2. The third-order valence-electron chi connectivity index (χ3n) is 6.35. The Balaban J connectivity index is 1.57. The molecular formula is C24H32NOP. The molecule has 1 aliphatic heterocycles. The van der Waals surface area contributed by atoms with Crippen LogP contribution in [0.1, 0.15) is 32.1 Å². The van der Waals surface area contributed by atoms with E-state index in [1.54, 1.807) is 10.6 Å². The summed E-state index contributed by atoms with van der Waals surface area (Å²) in [7, 11) is 1.55. The number of benzene rings is 2. The van der Waals surface area contributed by atoms with Gasteiger partial charge in [0.1, 0.15) is 0 Å². The van der Waals surface area contributed by atoms with Crippen molar-refractivity contribution in [3.8, 4) is 0 Å². The summed E-state index contributed by atoms with van der Waals surface area (Å²) in [6.45, 7) is 3.41. The number of methoxy groups -OCH3 is 1. The first-order valence-electron chi connectivity index (χ1n) is 10.5. The minimum absolute atomic E-state index is 0.292. The SMILES string of the molecule is COC[C@@H]1CCCN1CC1CCCC1P(c1ccccc1)c1ccccc1. The average molecular weight is 382 g/mol. The van der Waals surface area contributed by atoms with E-state index in [4.69, 9.17) is 4.74 Å². The van der Waals surface area contributed by atoms with Crippen molar-refractivity contribution in [3.63, 3.8) is 0 Å². The molecule has 144 valence electrons. The van der Waals surface area contributed by atoms with Crippen LogP contribution in [0.5, 0.6) is 0 Å². The largest absolute Gasteiger partial charge is 0.383 e. The molecule has 0 spiro atoms. The molecule has 3 heteroatoms. The van der Waals surface area contributed by atoms with E-state index in [0.717, 1.165) is 18.2 Å². The van der Waals surface area contributed by atoms with Crippen molar-refractivity contribution in [1.29, 1.82) is 0 Å². The Hall–Kier alpha value is -1.21. The predicted molar refractivity (Wildman–Crippen MR) is 117 cm³/mol. The van der Waals surface area contributed by atoms with Crippen molar-refractivity contribution in [1.82, 2.24) is 4.90 Å². The van der Waals surface area contributed by atoms with Crippen LogP contribution >= 0.6 is 7.92 Å². The lowest BCUT2D eigenvalue weighted by atomic mass is 10.1. The third kappa shape index (κ3) is 4.45. The van der Waals surface area contributed by atoms with E-state index >= 15 is 0 Å². The van der Waals surface area contributed by atoms with Crippen LogP contribution in [0.15, 0.2) is 60.7 Å². The summed E-state index contributed by atoms with van der Waals surface area (Å²) < 4.78 is 5.50. The monoisotopic (exact) mass is 381 g/mol. The molecule has 2 aromatic carbocycles. The first kappa shape index (κ1) is 19.1. The number of likely N-dealkylation sites (tertiary alicyclic amines) is 1. The van der Waals surface area contributed by atoms with E-state index in [-0.39, 0.29) is 7.92 Å². The maximum Gasteiger partial charge on any atom is 0.0618 e. The maximum atomic E-state index is 5.50. The fourth-order valence-corrected chi connectivity index (χ4v) is 8.25. The number of rotatable bonds is 7. The molecule has 1 saturated carbocycles. The van der Waals surface area contributed by atoms with E-state index < -0.39 is 0 Å².